The van der Waals surface area contributed by atoms with E-state index < -0.39 is 5.97 Å². The Bertz CT molecular complexity index is 652. The van der Waals surface area contributed by atoms with Gasteiger partial charge in [-0.3, -0.25) is 0 Å². The molecule has 0 atom stereocenters. The number of carbonyl (C=O) groups is 1. The molecule has 0 unspecified atom stereocenters. The molecule has 3 rings (SSSR count). The maximum atomic E-state index is 11.0. The summed E-state index contributed by atoms with van der Waals surface area (Å²) in [5, 5.41) is 13.0. The number of ether oxygens (including phenoxy) is 1. The number of hydrogen-bond donors (Lipinski definition) is 1. The van der Waals surface area contributed by atoms with Gasteiger partial charge in [0.25, 0.3) is 5.89 Å². The van der Waals surface area contributed by atoms with Crippen molar-refractivity contribution in [2.45, 2.75) is 25.4 Å². The second-order valence-electron chi connectivity index (χ2n) is 4.56. The Kier molecular flexibility index (Phi) is 3.31. The Hall–Kier alpha value is -2.08. The van der Waals surface area contributed by atoms with E-state index in [2.05, 4.69) is 10.1 Å². The fourth-order valence-corrected chi connectivity index (χ4v) is 1.94. The first-order valence-electron chi connectivity index (χ1n) is 6.11. The molecule has 1 aromatic heterocycles. The number of halogens is 1. The van der Waals surface area contributed by atoms with E-state index in [0.717, 1.165) is 12.8 Å². The zero-order valence-corrected chi connectivity index (χ0v) is 11.1. The van der Waals surface area contributed by atoms with Crippen molar-refractivity contribution in [3.63, 3.8) is 0 Å². The molecule has 0 amide bonds. The summed E-state index contributed by atoms with van der Waals surface area (Å²) in [5.41, 5.74) is -0.00614. The molecule has 1 N–H and O–H groups in total. The average molecular weight is 295 g/mol. The highest BCUT2D eigenvalue weighted by Gasteiger charge is 2.28. The first kappa shape index (κ1) is 12.9. The van der Waals surface area contributed by atoms with Gasteiger partial charge in [-0.05, 0) is 31.0 Å². The summed E-state index contributed by atoms with van der Waals surface area (Å²) in [6.07, 6.45) is 2.19. The predicted octanol–water partition coefficient (Wildman–Crippen LogP) is 2.88. The largest absolute Gasteiger partial charge is 0.484 e. The van der Waals surface area contributed by atoms with Crippen molar-refractivity contribution >= 4 is 17.6 Å². The minimum atomic E-state index is -1.10. The second-order valence-corrected chi connectivity index (χ2v) is 4.96. The van der Waals surface area contributed by atoms with E-state index >= 15 is 0 Å². The van der Waals surface area contributed by atoms with Crippen LogP contribution in [0.3, 0.4) is 0 Å². The highest BCUT2D eigenvalue weighted by Crippen LogP contribution is 2.38. The van der Waals surface area contributed by atoms with Gasteiger partial charge >= 0.3 is 5.97 Å². The van der Waals surface area contributed by atoms with Crippen molar-refractivity contribution in [1.82, 2.24) is 10.1 Å². The minimum absolute atomic E-state index is 0.00614. The van der Waals surface area contributed by atoms with Crippen LogP contribution in [0, 0.1) is 0 Å². The summed E-state index contributed by atoms with van der Waals surface area (Å²) in [5.74, 6) is 0.790. The quantitative estimate of drug-likeness (QED) is 0.912. The molecule has 104 valence electrons. The average Bonchev–Trinajstić information content (AvgIpc) is 3.17. The summed E-state index contributed by atoms with van der Waals surface area (Å²) in [4.78, 5) is 15.2. The summed E-state index contributed by atoms with van der Waals surface area (Å²) < 4.78 is 10.5. The van der Waals surface area contributed by atoms with Crippen LogP contribution in [0.25, 0.3) is 0 Å². The summed E-state index contributed by atoms with van der Waals surface area (Å²) >= 11 is 5.78. The van der Waals surface area contributed by atoms with Gasteiger partial charge in [0.15, 0.2) is 12.4 Å². The molecule has 1 fully saturated rings. The van der Waals surface area contributed by atoms with Crippen LogP contribution in [-0.4, -0.2) is 21.2 Å². The fourth-order valence-electron chi connectivity index (χ4n) is 1.74. The zero-order chi connectivity index (χ0) is 14.1. The third-order valence-electron chi connectivity index (χ3n) is 2.96. The number of carboxylic acids is 1. The molecule has 1 aliphatic rings. The Balaban J connectivity index is 1.67. The molecular weight excluding hydrogens is 284 g/mol. The number of benzene rings is 1. The van der Waals surface area contributed by atoms with Crippen LogP contribution in [-0.2, 0) is 6.61 Å². The second kappa shape index (κ2) is 5.13. The van der Waals surface area contributed by atoms with Crippen molar-refractivity contribution in [3.8, 4) is 5.75 Å². The zero-order valence-electron chi connectivity index (χ0n) is 10.4. The molecular formula is C13H11ClN2O4. The molecule has 2 aromatic rings. The van der Waals surface area contributed by atoms with Gasteiger partial charge in [0, 0.05) is 5.92 Å². The van der Waals surface area contributed by atoms with Gasteiger partial charge in [-0.15, -0.1) is 0 Å². The summed E-state index contributed by atoms with van der Waals surface area (Å²) in [7, 11) is 0. The van der Waals surface area contributed by atoms with Crippen LogP contribution in [0.15, 0.2) is 22.7 Å². The summed E-state index contributed by atoms with van der Waals surface area (Å²) in [6.45, 7) is 0.0976. The van der Waals surface area contributed by atoms with E-state index in [0.29, 0.717) is 23.4 Å². The van der Waals surface area contributed by atoms with E-state index in [9.17, 15) is 4.79 Å². The Morgan fingerprint density at radius 3 is 3.00 bits per heavy atom. The van der Waals surface area contributed by atoms with Gasteiger partial charge in [-0.1, -0.05) is 16.8 Å². The van der Waals surface area contributed by atoms with Gasteiger partial charge in [0.05, 0.1) is 10.6 Å². The van der Waals surface area contributed by atoms with E-state index in [-0.39, 0.29) is 17.2 Å². The van der Waals surface area contributed by atoms with Crippen molar-refractivity contribution in [2.24, 2.45) is 0 Å². The predicted molar refractivity (Wildman–Crippen MR) is 69.0 cm³/mol. The monoisotopic (exact) mass is 294 g/mol. The first-order chi connectivity index (χ1) is 9.63. The molecule has 6 nitrogen and oxygen atoms in total. The third kappa shape index (κ3) is 2.75. The molecule has 1 heterocycles. The molecule has 0 spiro atoms. The number of aromatic carboxylic acids is 1. The van der Waals surface area contributed by atoms with E-state index in [1.54, 1.807) is 6.07 Å². The van der Waals surface area contributed by atoms with Crippen LogP contribution >= 0.6 is 11.6 Å². The molecule has 0 bridgehead atoms. The van der Waals surface area contributed by atoms with E-state index in [1.165, 1.54) is 12.1 Å². The topological polar surface area (TPSA) is 85.5 Å². The lowest BCUT2D eigenvalue weighted by Crippen LogP contribution is -2.00. The highest BCUT2D eigenvalue weighted by molar-refractivity contribution is 6.33. The van der Waals surface area contributed by atoms with Gasteiger partial charge in [0.1, 0.15) is 5.75 Å². The van der Waals surface area contributed by atoms with Crippen molar-refractivity contribution < 1.29 is 19.2 Å². The maximum absolute atomic E-state index is 11.0. The van der Waals surface area contributed by atoms with Crippen molar-refractivity contribution in [2.75, 3.05) is 0 Å². The van der Waals surface area contributed by atoms with E-state index in [1.807, 2.05) is 0 Å². The maximum Gasteiger partial charge on any atom is 0.337 e. The smallest absolute Gasteiger partial charge is 0.337 e. The van der Waals surface area contributed by atoms with Gasteiger partial charge in [-0.25, -0.2) is 4.79 Å². The van der Waals surface area contributed by atoms with Crippen molar-refractivity contribution in [3.05, 3.63) is 40.5 Å². The lowest BCUT2D eigenvalue weighted by atomic mass is 10.2. The minimum Gasteiger partial charge on any atom is -0.484 e. The van der Waals surface area contributed by atoms with E-state index in [4.69, 9.17) is 26.0 Å². The number of aromatic nitrogens is 2. The number of carboxylic acid groups (broad SMARTS) is 1. The SMILES string of the molecule is O=C(O)c1cc(OCc2nc(C3CC3)no2)ccc1Cl. The Labute approximate surface area is 119 Å². The fraction of sp³-hybridized carbons (Fsp3) is 0.308. The highest BCUT2D eigenvalue weighted by atomic mass is 35.5. The third-order valence-corrected chi connectivity index (χ3v) is 3.29. The normalized spacial score (nSPS) is 14.2. The van der Waals surface area contributed by atoms with Crippen LogP contribution in [0.1, 0.15) is 40.8 Å². The molecule has 0 aliphatic heterocycles. The lowest BCUT2D eigenvalue weighted by Gasteiger charge is -2.05. The first-order valence-corrected chi connectivity index (χ1v) is 6.49. The number of nitrogens with zero attached hydrogens (tertiary/aromatic N) is 2. The molecule has 0 radical (unpaired) electrons. The lowest BCUT2D eigenvalue weighted by molar-refractivity contribution is 0.0696. The molecule has 1 aromatic carbocycles. The summed E-state index contributed by atoms with van der Waals surface area (Å²) in [6, 6.07) is 4.43. The standard InChI is InChI=1S/C13H11ClN2O4/c14-10-4-3-8(5-9(10)13(17)18)19-6-11-15-12(16-20-11)7-1-2-7/h3-5,7H,1-2,6H2,(H,17,18). The molecule has 1 aliphatic carbocycles. The molecule has 0 saturated heterocycles. The Morgan fingerprint density at radius 1 is 1.50 bits per heavy atom. The van der Waals surface area contributed by atoms with Crippen LogP contribution < -0.4 is 4.74 Å². The van der Waals surface area contributed by atoms with Crippen LogP contribution in [0.5, 0.6) is 5.75 Å². The number of hydrogen-bond acceptors (Lipinski definition) is 5. The number of rotatable bonds is 5. The van der Waals surface area contributed by atoms with Crippen LogP contribution in [0.4, 0.5) is 0 Å². The van der Waals surface area contributed by atoms with Crippen molar-refractivity contribution in [1.29, 1.82) is 0 Å². The molecule has 7 heteroatoms. The molecule has 20 heavy (non-hydrogen) atoms. The van der Waals surface area contributed by atoms with Gasteiger partial charge < -0.3 is 14.4 Å². The van der Waals surface area contributed by atoms with Crippen LogP contribution in [0.2, 0.25) is 5.02 Å². The van der Waals surface area contributed by atoms with Gasteiger partial charge in [-0.2, -0.15) is 4.98 Å². The van der Waals surface area contributed by atoms with Gasteiger partial charge in [0.2, 0.25) is 0 Å². The molecule has 1 saturated carbocycles. The Morgan fingerprint density at radius 2 is 2.30 bits per heavy atom.